The van der Waals surface area contributed by atoms with Gasteiger partial charge in [-0.2, -0.15) is 4.31 Å². The first-order valence-electron chi connectivity index (χ1n) is 3.63. The molecule has 0 saturated carbocycles. The van der Waals surface area contributed by atoms with Crippen LogP contribution < -0.4 is 0 Å². The molecule has 0 aromatic heterocycles. The summed E-state index contributed by atoms with van der Waals surface area (Å²) in [5, 5.41) is 0. The second-order valence-electron chi connectivity index (χ2n) is 2.66. The molecule has 12 heavy (non-hydrogen) atoms. The van der Waals surface area contributed by atoms with Crippen LogP contribution in [-0.4, -0.2) is 50.4 Å². The third-order valence-electron chi connectivity index (χ3n) is 1.73. The van der Waals surface area contributed by atoms with Crippen LogP contribution in [-0.2, 0) is 14.8 Å². The molecule has 0 radical (unpaired) electrons. The topological polar surface area (TPSA) is 46.6 Å². The fraction of sp³-hybridized carbons (Fsp3) is 1.00. The highest BCUT2D eigenvalue weighted by atomic mass is 32.2. The molecule has 6 heteroatoms. The third-order valence-corrected chi connectivity index (χ3v) is 3.81. The summed E-state index contributed by atoms with van der Waals surface area (Å²) in [6.45, 7) is 1.45. The summed E-state index contributed by atoms with van der Waals surface area (Å²) >= 11 is 1.54. The second-order valence-corrected chi connectivity index (χ2v) is 5.64. The highest BCUT2D eigenvalue weighted by molar-refractivity contribution is 7.99. The zero-order valence-electron chi connectivity index (χ0n) is 7.19. The van der Waals surface area contributed by atoms with Gasteiger partial charge < -0.3 is 4.74 Å². The highest BCUT2D eigenvalue weighted by Crippen LogP contribution is 2.16. The first-order chi connectivity index (χ1) is 5.54. The summed E-state index contributed by atoms with van der Waals surface area (Å²) in [5.74, 6) is 0. The van der Waals surface area contributed by atoms with Crippen LogP contribution >= 0.6 is 11.8 Å². The van der Waals surface area contributed by atoms with Crippen molar-refractivity contribution >= 4 is 21.8 Å². The van der Waals surface area contributed by atoms with Crippen molar-refractivity contribution in [3.05, 3.63) is 0 Å². The Morgan fingerprint density at radius 3 is 2.75 bits per heavy atom. The van der Waals surface area contributed by atoms with E-state index in [1.807, 2.05) is 6.26 Å². The van der Waals surface area contributed by atoms with Gasteiger partial charge in [-0.1, -0.05) is 0 Å². The maximum Gasteiger partial charge on any atom is 0.211 e. The van der Waals surface area contributed by atoms with Crippen molar-refractivity contribution in [2.75, 3.05) is 32.2 Å². The summed E-state index contributed by atoms with van der Waals surface area (Å²) in [7, 11) is -3.03. The minimum atomic E-state index is -3.03. The van der Waals surface area contributed by atoms with E-state index in [0.29, 0.717) is 19.7 Å². The number of rotatable bonds is 2. The van der Waals surface area contributed by atoms with Gasteiger partial charge in [-0.25, -0.2) is 8.42 Å². The Hall–Kier alpha value is 0.220. The summed E-state index contributed by atoms with van der Waals surface area (Å²) in [4.78, 5) is 0. The van der Waals surface area contributed by atoms with Crippen molar-refractivity contribution in [2.45, 2.75) is 5.44 Å². The Kier molecular flexibility index (Phi) is 3.39. The molecule has 4 nitrogen and oxygen atoms in total. The maximum absolute atomic E-state index is 11.1. The van der Waals surface area contributed by atoms with Gasteiger partial charge in [0.15, 0.2) is 0 Å². The lowest BCUT2D eigenvalue weighted by molar-refractivity contribution is 0.0514. The lowest BCUT2D eigenvalue weighted by Crippen LogP contribution is -2.43. The summed E-state index contributed by atoms with van der Waals surface area (Å²) in [5.41, 5.74) is -0.00604. The van der Waals surface area contributed by atoms with Gasteiger partial charge >= 0.3 is 0 Å². The Bertz CT molecular complexity index is 239. The van der Waals surface area contributed by atoms with Gasteiger partial charge in [0.05, 0.1) is 12.9 Å². The minimum absolute atomic E-state index is 0.00604. The van der Waals surface area contributed by atoms with Crippen LogP contribution in [0.2, 0.25) is 0 Å². The Labute approximate surface area is 77.3 Å². The van der Waals surface area contributed by atoms with Gasteiger partial charge in [-0.15, -0.1) is 11.8 Å². The van der Waals surface area contributed by atoms with E-state index < -0.39 is 10.0 Å². The van der Waals surface area contributed by atoms with E-state index in [1.165, 1.54) is 22.3 Å². The van der Waals surface area contributed by atoms with E-state index in [2.05, 4.69) is 0 Å². The van der Waals surface area contributed by atoms with Gasteiger partial charge in [-0.3, -0.25) is 0 Å². The predicted molar refractivity (Wildman–Crippen MR) is 49.7 cm³/mol. The summed E-state index contributed by atoms with van der Waals surface area (Å²) < 4.78 is 29.0. The van der Waals surface area contributed by atoms with Crippen LogP contribution in [0.1, 0.15) is 0 Å². The fourth-order valence-electron chi connectivity index (χ4n) is 1.04. The number of sulfonamides is 1. The molecule has 1 aliphatic heterocycles. The van der Waals surface area contributed by atoms with Crippen molar-refractivity contribution < 1.29 is 13.2 Å². The normalized spacial score (nSPS) is 27.3. The number of hydrogen-bond donors (Lipinski definition) is 0. The molecular formula is C6H13NO3S2. The van der Waals surface area contributed by atoms with E-state index in [9.17, 15) is 8.42 Å². The van der Waals surface area contributed by atoms with Gasteiger partial charge in [0.25, 0.3) is 0 Å². The van der Waals surface area contributed by atoms with E-state index in [1.54, 1.807) is 0 Å². The second kappa shape index (κ2) is 3.95. The number of ether oxygens (including phenoxy) is 1. The quantitative estimate of drug-likeness (QED) is 0.643. The smallest absolute Gasteiger partial charge is 0.211 e. The van der Waals surface area contributed by atoms with Crippen molar-refractivity contribution in [1.29, 1.82) is 0 Å². The fourth-order valence-corrected chi connectivity index (χ4v) is 2.51. The van der Waals surface area contributed by atoms with E-state index >= 15 is 0 Å². The lowest BCUT2D eigenvalue weighted by atomic mass is 10.5. The molecule has 1 fully saturated rings. The summed E-state index contributed by atoms with van der Waals surface area (Å²) in [6.07, 6.45) is 3.14. The molecule has 1 unspecified atom stereocenters. The maximum atomic E-state index is 11.1. The van der Waals surface area contributed by atoms with Crippen LogP contribution in [0.5, 0.6) is 0 Å². The first-order valence-corrected chi connectivity index (χ1v) is 6.77. The van der Waals surface area contributed by atoms with Gasteiger partial charge in [0.1, 0.15) is 5.44 Å². The molecule has 1 atom stereocenters. The van der Waals surface area contributed by atoms with Crippen LogP contribution in [0.15, 0.2) is 0 Å². The van der Waals surface area contributed by atoms with E-state index in [-0.39, 0.29) is 5.44 Å². The molecule has 0 spiro atoms. The van der Waals surface area contributed by atoms with Crippen LogP contribution in [0.3, 0.4) is 0 Å². The average Bonchev–Trinajstić information content (AvgIpc) is 2.03. The largest absolute Gasteiger partial charge is 0.365 e. The highest BCUT2D eigenvalue weighted by Gasteiger charge is 2.25. The van der Waals surface area contributed by atoms with Gasteiger partial charge in [0, 0.05) is 13.1 Å². The zero-order chi connectivity index (χ0) is 9.19. The Balaban J connectivity index is 2.58. The number of nitrogens with zero attached hydrogens (tertiary/aromatic N) is 1. The molecular weight excluding hydrogens is 198 g/mol. The molecule has 0 amide bonds. The SMILES string of the molecule is CSC1CN(S(C)(=O)=O)CCO1. The number of morpholine rings is 1. The van der Waals surface area contributed by atoms with E-state index in [0.717, 1.165) is 0 Å². The van der Waals surface area contributed by atoms with Gasteiger partial charge in [-0.05, 0) is 6.26 Å². The van der Waals surface area contributed by atoms with Crippen LogP contribution in [0, 0.1) is 0 Å². The first kappa shape index (κ1) is 10.3. The predicted octanol–water partition coefficient (Wildman–Crippen LogP) is -0.0327. The van der Waals surface area contributed by atoms with Crippen molar-refractivity contribution in [2.24, 2.45) is 0 Å². The monoisotopic (exact) mass is 211 g/mol. The number of thioether (sulfide) groups is 1. The van der Waals surface area contributed by atoms with Gasteiger partial charge in [0.2, 0.25) is 10.0 Å². The molecule has 1 rings (SSSR count). The van der Waals surface area contributed by atoms with E-state index in [4.69, 9.17) is 4.74 Å². The number of hydrogen-bond acceptors (Lipinski definition) is 4. The molecule has 0 aromatic rings. The van der Waals surface area contributed by atoms with Crippen LogP contribution in [0.4, 0.5) is 0 Å². The zero-order valence-corrected chi connectivity index (χ0v) is 8.82. The van der Waals surface area contributed by atoms with Crippen molar-refractivity contribution in [3.63, 3.8) is 0 Å². The molecule has 1 saturated heterocycles. The molecule has 0 bridgehead atoms. The third kappa shape index (κ3) is 2.62. The molecule has 0 N–H and O–H groups in total. The Morgan fingerprint density at radius 2 is 2.25 bits per heavy atom. The summed E-state index contributed by atoms with van der Waals surface area (Å²) in [6, 6.07) is 0. The molecule has 0 aromatic carbocycles. The van der Waals surface area contributed by atoms with Crippen molar-refractivity contribution in [1.82, 2.24) is 4.31 Å². The van der Waals surface area contributed by atoms with Crippen molar-refractivity contribution in [3.8, 4) is 0 Å². The van der Waals surface area contributed by atoms with Crippen LogP contribution in [0.25, 0.3) is 0 Å². The molecule has 0 aliphatic carbocycles. The Morgan fingerprint density at radius 1 is 1.58 bits per heavy atom. The molecule has 1 heterocycles. The molecule has 72 valence electrons. The average molecular weight is 211 g/mol. The molecule has 1 aliphatic rings. The minimum Gasteiger partial charge on any atom is -0.365 e. The lowest BCUT2D eigenvalue weighted by Gasteiger charge is -2.29. The standard InChI is InChI=1S/C6H13NO3S2/c1-11-6-5-7(3-4-10-6)12(2,8)9/h6H,3-5H2,1-2H3.